The monoisotopic (exact) mass is 290 g/mol. The van der Waals surface area contributed by atoms with Gasteiger partial charge in [-0.1, -0.05) is 19.1 Å². The third-order valence-corrected chi connectivity index (χ3v) is 3.89. The van der Waals surface area contributed by atoms with Gasteiger partial charge in [0.2, 0.25) is 0 Å². The molecule has 0 saturated heterocycles. The number of hydrogen-bond donors (Lipinski definition) is 2. The van der Waals surface area contributed by atoms with Gasteiger partial charge in [0.1, 0.15) is 5.01 Å². The molecule has 0 atom stereocenters. The second-order valence-corrected chi connectivity index (χ2v) is 5.31. The third kappa shape index (κ3) is 3.21. The van der Waals surface area contributed by atoms with Crippen LogP contribution in [0.15, 0.2) is 30.5 Å². The molecule has 2 N–H and O–H groups in total. The van der Waals surface area contributed by atoms with E-state index in [0.717, 1.165) is 16.3 Å². The standard InChI is InChI=1S/C14H14N2O3S/c1-2-9-7-15-12(20-9)8-16-13(17)10-5-3-4-6-11(10)14(18)19/h3-7H,2,8H2,1H3,(H,16,17)(H,18,19). The van der Waals surface area contributed by atoms with Gasteiger partial charge >= 0.3 is 5.97 Å². The highest BCUT2D eigenvalue weighted by Gasteiger charge is 2.15. The first-order valence-electron chi connectivity index (χ1n) is 6.16. The number of nitrogens with zero attached hydrogens (tertiary/aromatic N) is 1. The molecule has 1 amide bonds. The highest BCUT2D eigenvalue weighted by atomic mass is 32.1. The summed E-state index contributed by atoms with van der Waals surface area (Å²) in [6.45, 7) is 2.34. The van der Waals surface area contributed by atoms with Crippen molar-refractivity contribution in [2.45, 2.75) is 19.9 Å². The molecular weight excluding hydrogens is 276 g/mol. The molecule has 0 spiro atoms. The number of benzene rings is 1. The molecular formula is C14H14N2O3S. The molecule has 1 aromatic carbocycles. The first-order valence-corrected chi connectivity index (χ1v) is 6.97. The van der Waals surface area contributed by atoms with Gasteiger partial charge in [-0.05, 0) is 18.6 Å². The van der Waals surface area contributed by atoms with E-state index >= 15 is 0 Å². The summed E-state index contributed by atoms with van der Waals surface area (Å²) in [6.07, 6.45) is 2.70. The van der Waals surface area contributed by atoms with Gasteiger partial charge < -0.3 is 10.4 Å². The van der Waals surface area contributed by atoms with Crippen LogP contribution in [0.25, 0.3) is 0 Å². The van der Waals surface area contributed by atoms with Crippen LogP contribution in [-0.4, -0.2) is 22.0 Å². The Balaban J connectivity index is 2.07. The molecule has 104 valence electrons. The highest BCUT2D eigenvalue weighted by Crippen LogP contribution is 2.14. The van der Waals surface area contributed by atoms with Gasteiger partial charge in [0, 0.05) is 11.1 Å². The molecule has 20 heavy (non-hydrogen) atoms. The predicted octanol–water partition coefficient (Wildman–Crippen LogP) is 2.33. The number of nitrogens with one attached hydrogen (secondary N) is 1. The number of thiazole rings is 1. The van der Waals surface area contributed by atoms with E-state index < -0.39 is 11.9 Å². The van der Waals surface area contributed by atoms with E-state index in [0.29, 0.717) is 6.54 Å². The summed E-state index contributed by atoms with van der Waals surface area (Å²) in [5.41, 5.74) is 0.158. The van der Waals surface area contributed by atoms with Crippen LogP contribution >= 0.6 is 11.3 Å². The summed E-state index contributed by atoms with van der Waals surface area (Å²) in [7, 11) is 0. The number of carbonyl (C=O) groups excluding carboxylic acids is 1. The zero-order valence-electron chi connectivity index (χ0n) is 10.9. The van der Waals surface area contributed by atoms with Crippen molar-refractivity contribution >= 4 is 23.2 Å². The molecule has 0 aliphatic heterocycles. The molecule has 2 aromatic rings. The van der Waals surface area contributed by atoms with Crippen LogP contribution in [0, 0.1) is 0 Å². The van der Waals surface area contributed by atoms with E-state index in [9.17, 15) is 9.59 Å². The Bertz CT molecular complexity index is 637. The molecule has 1 heterocycles. The van der Waals surface area contributed by atoms with Crippen LogP contribution in [0.5, 0.6) is 0 Å². The summed E-state index contributed by atoms with van der Waals surface area (Å²) in [5, 5.41) is 12.5. The lowest BCUT2D eigenvalue weighted by Gasteiger charge is -2.06. The number of carbonyl (C=O) groups is 2. The minimum Gasteiger partial charge on any atom is -0.478 e. The maximum absolute atomic E-state index is 12.0. The van der Waals surface area contributed by atoms with Crippen LogP contribution in [0.2, 0.25) is 0 Å². The molecule has 1 aromatic heterocycles. The van der Waals surface area contributed by atoms with E-state index in [1.54, 1.807) is 18.3 Å². The van der Waals surface area contributed by atoms with Crippen LogP contribution in [-0.2, 0) is 13.0 Å². The van der Waals surface area contributed by atoms with Crippen molar-refractivity contribution in [2.24, 2.45) is 0 Å². The molecule has 0 aliphatic rings. The number of aryl methyl sites for hydroxylation is 1. The highest BCUT2D eigenvalue weighted by molar-refractivity contribution is 7.11. The fourth-order valence-corrected chi connectivity index (χ4v) is 2.51. The van der Waals surface area contributed by atoms with Crippen molar-refractivity contribution in [3.63, 3.8) is 0 Å². The number of carboxylic acids is 1. The van der Waals surface area contributed by atoms with Gasteiger partial charge in [-0.15, -0.1) is 11.3 Å². The van der Waals surface area contributed by atoms with Crippen LogP contribution in [0.3, 0.4) is 0 Å². The lowest BCUT2D eigenvalue weighted by atomic mass is 10.1. The van der Waals surface area contributed by atoms with E-state index in [1.165, 1.54) is 23.5 Å². The molecule has 0 aliphatic carbocycles. The molecule has 0 saturated carbocycles. The van der Waals surface area contributed by atoms with Crippen LogP contribution in [0.4, 0.5) is 0 Å². The largest absolute Gasteiger partial charge is 0.478 e. The van der Waals surface area contributed by atoms with Gasteiger partial charge in [-0.25, -0.2) is 9.78 Å². The number of carboxylic acid groups (broad SMARTS) is 1. The fourth-order valence-electron chi connectivity index (χ4n) is 1.71. The molecule has 0 unspecified atom stereocenters. The van der Waals surface area contributed by atoms with Crippen molar-refractivity contribution in [3.8, 4) is 0 Å². The first kappa shape index (κ1) is 14.2. The van der Waals surface area contributed by atoms with Crippen molar-refractivity contribution < 1.29 is 14.7 Å². The van der Waals surface area contributed by atoms with Crippen molar-refractivity contribution in [3.05, 3.63) is 51.5 Å². The van der Waals surface area contributed by atoms with Crippen molar-refractivity contribution in [1.29, 1.82) is 0 Å². The normalized spacial score (nSPS) is 10.2. The summed E-state index contributed by atoms with van der Waals surface area (Å²) in [5.74, 6) is -1.52. The summed E-state index contributed by atoms with van der Waals surface area (Å²) < 4.78 is 0. The van der Waals surface area contributed by atoms with Gasteiger partial charge in [0.05, 0.1) is 17.7 Å². The fraction of sp³-hybridized carbons (Fsp3) is 0.214. The Hall–Kier alpha value is -2.21. The molecule has 0 fully saturated rings. The molecule has 0 radical (unpaired) electrons. The Morgan fingerprint density at radius 3 is 2.60 bits per heavy atom. The second-order valence-electron chi connectivity index (χ2n) is 4.11. The smallest absolute Gasteiger partial charge is 0.336 e. The summed E-state index contributed by atoms with van der Waals surface area (Å²) >= 11 is 1.54. The lowest BCUT2D eigenvalue weighted by Crippen LogP contribution is -2.24. The van der Waals surface area contributed by atoms with Crippen molar-refractivity contribution in [1.82, 2.24) is 10.3 Å². The quantitative estimate of drug-likeness (QED) is 0.885. The van der Waals surface area contributed by atoms with E-state index in [1.807, 2.05) is 6.92 Å². The second kappa shape index (κ2) is 6.29. The van der Waals surface area contributed by atoms with E-state index in [4.69, 9.17) is 5.11 Å². The topological polar surface area (TPSA) is 79.3 Å². The van der Waals surface area contributed by atoms with E-state index in [2.05, 4.69) is 10.3 Å². The average molecular weight is 290 g/mol. The number of aromatic carboxylic acids is 1. The Labute approximate surface area is 120 Å². The van der Waals surface area contributed by atoms with Gasteiger partial charge in [-0.2, -0.15) is 0 Å². The number of amides is 1. The maximum atomic E-state index is 12.0. The average Bonchev–Trinajstić information content (AvgIpc) is 2.92. The number of rotatable bonds is 5. The zero-order chi connectivity index (χ0) is 14.5. The SMILES string of the molecule is CCc1cnc(CNC(=O)c2ccccc2C(=O)O)s1. The zero-order valence-corrected chi connectivity index (χ0v) is 11.7. The number of aromatic nitrogens is 1. The molecule has 0 bridgehead atoms. The Morgan fingerprint density at radius 2 is 2.00 bits per heavy atom. The van der Waals surface area contributed by atoms with E-state index in [-0.39, 0.29) is 11.1 Å². The maximum Gasteiger partial charge on any atom is 0.336 e. The minimum absolute atomic E-state index is 0.00149. The molecule has 5 nitrogen and oxygen atoms in total. The Kier molecular flexibility index (Phi) is 4.47. The van der Waals surface area contributed by atoms with Crippen LogP contribution in [0.1, 0.15) is 37.5 Å². The number of hydrogen-bond acceptors (Lipinski definition) is 4. The minimum atomic E-state index is -1.11. The molecule has 6 heteroatoms. The van der Waals surface area contributed by atoms with Crippen molar-refractivity contribution in [2.75, 3.05) is 0 Å². The lowest BCUT2D eigenvalue weighted by molar-refractivity contribution is 0.0691. The van der Waals surface area contributed by atoms with Gasteiger partial charge in [0.15, 0.2) is 0 Å². The van der Waals surface area contributed by atoms with Gasteiger partial charge in [0.25, 0.3) is 5.91 Å². The Morgan fingerprint density at radius 1 is 1.30 bits per heavy atom. The van der Waals surface area contributed by atoms with Gasteiger partial charge in [-0.3, -0.25) is 4.79 Å². The first-order chi connectivity index (χ1) is 9.61. The predicted molar refractivity (Wildman–Crippen MR) is 76.1 cm³/mol. The summed E-state index contributed by atoms with van der Waals surface area (Å²) in [6, 6.07) is 6.14. The third-order valence-electron chi connectivity index (χ3n) is 2.75. The molecule has 2 rings (SSSR count). The van der Waals surface area contributed by atoms with Crippen LogP contribution < -0.4 is 5.32 Å². The summed E-state index contributed by atoms with van der Waals surface area (Å²) in [4.78, 5) is 28.4.